The molecule has 0 radical (unpaired) electrons. The standard InChI is InChI=1S/C21H25ClN2O2/c1-26-20-10-9-18(22)13-19(20)21(25)23-14-16-7-3-4-8-17(16)15-24-11-5-2-6-12-24/h3-4,7-10,13H,2,5-6,11-12,14-15H2,1H3,(H,23,25)/p+1. The maximum absolute atomic E-state index is 12.6. The molecule has 5 heteroatoms. The van der Waals surface area contributed by atoms with Crippen molar-refractivity contribution >= 4 is 17.5 Å². The number of benzene rings is 2. The molecule has 2 aromatic rings. The average Bonchev–Trinajstić information content (AvgIpc) is 2.68. The largest absolute Gasteiger partial charge is 0.496 e. The number of hydrogen-bond donors (Lipinski definition) is 2. The van der Waals surface area contributed by atoms with Gasteiger partial charge in [-0.25, -0.2) is 0 Å². The number of rotatable bonds is 6. The van der Waals surface area contributed by atoms with Gasteiger partial charge in [0.2, 0.25) is 0 Å². The van der Waals surface area contributed by atoms with Crippen LogP contribution in [0.1, 0.15) is 40.7 Å². The highest BCUT2D eigenvalue weighted by atomic mass is 35.5. The lowest BCUT2D eigenvalue weighted by atomic mass is 10.0. The Morgan fingerprint density at radius 3 is 2.58 bits per heavy atom. The summed E-state index contributed by atoms with van der Waals surface area (Å²) in [5.41, 5.74) is 2.93. The quantitative estimate of drug-likeness (QED) is 0.817. The third-order valence-electron chi connectivity index (χ3n) is 4.97. The molecular weight excluding hydrogens is 348 g/mol. The monoisotopic (exact) mass is 373 g/mol. The number of ether oxygens (including phenoxy) is 1. The van der Waals surface area contributed by atoms with Gasteiger partial charge in [0.25, 0.3) is 5.91 Å². The molecule has 0 saturated carbocycles. The summed E-state index contributed by atoms with van der Waals surface area (Å²) >= 11 is 6.03. The second kappa shape index (κ2) is 9.06. The van der Waals surface area contributed by atoms with Gasteiger partial charge >= 0.3 is 0 Å². The van der Waals surface area contributed by atoms with E-state index < -0.39 is 0 Å². The third-order valence-corrected chi connectivity index (χ3v) is 5.20. The van der Waals surface area contributed by atoms with E-state index in [1.807, 2.05) is 6.07 Å². The van der Waals surface area contributed by atoms with Crippen LogP contribution in [-0.4, -0.2) is 26.1 Å². The second-order valence-electron chi connectivity index (χ2n) is 6.78. The van der Waals surface area contributed by atoms with E-state index in [1.54, 1.807) is 30.2 Å². The summed E-state index contributed by atoms with van der Waals surface area (Å²) in [6.45, 7) is 3.99. The van der Waals surface area contributed by atoms with Gasteiger partial charge < -0.3 is 15.0 Å². The molecule has 0 aliphatic carbocycles. The van der Waals surface area contributed by atoms with Crippen molar-refractivity contribution in [2.45, 2.75) is 32.4 Å². The van der Waals surface area contributed by atoms with Gasteiger partial charge in [-0.3, -0.25) is 4.79 Å². The maximum Gasteiger partial charge on any atom is 0.255 e. The zero-order valence-electron chi connectivity index (χ0n) is 15.2. The van der Waals surface area contributed by atoms with Crippen LogP contribution in [-0.2, 0) is 13.1 Å². The molecule has 0 aromatic heterocycles. The molecule has 3 rings (SSSR count). The highest BCUT2D eigenvalue weighted by molar-refractivity contribution is 6.31. The second-order valence-corrected chi connectivity index (χ2v) is 7.22. The third kappa shape index (κ3) is 4.77. The number of carbonyl (C=O) groups is 1. The van der Waals surface area contributed by atoms with Crippen LogP contribution in [0, 0.1) is 0 Å². The minimum Gasteiger partial charge on any atom is -0.496 e. The zero-order valence-corrected chi connectivity index (χ0v) is 15.9. The van der Waals surface area contributed by atoms with Crippen molar-refractivity contribution in [3.63, 3.8) is 0 Å². The van der Waals surface area contributed by atoms with Gasteiger partial charge in [0.05, 0.1) is 25.8 Å². The fourth-order valence-corrected chi connectivity index (χ4v) is 3.70. The predicted molar refractivity (Wildman–Crippen MR) is 104 cm³/mol. The molecule has 1 aliphatic rings. The van der Waals surface area contributed by atoms with Gasteiger partial charge in [0.1, 0.15) is 12.3 Å². The lowest BCUT2D eigenvalue weighted by molar-refractivity contribution is -0.918. The Morgan fingerprint density at radius 2 is 1.85 bits per heavy atom. The smallest absolute Gasteiger partial charge is 0.255 e. The molecule has 4 nitrogen and oxygen atoms in total. The van der Waals surface area contributed by atoms with Gasteiger partial charge in [-0.05, 0) is 43.0 Å². The SMILES string of the molecule is COc1ccc(Cl)cc1C(=O)NCc1ccccc1C[NH+]1CCCCC1. The molecule has 0 spiro atoms. The van der Waals surface area contributed by atoms with Crippen molar-refractivity contribution < 1.29 is 14.4 Å². The highest BCUT2D eigenvalue weighted by Crippen LogP contribution is 2.22. The van der Waals surface area contributed by atoms with Crippen molar-refractivity contribution in [2.24, 2.45) is 0 Å². The van der Waals surface area contributed by atoms with E-state index >= 15 is 0 Å². The average molecular weight is 374 g/mol. The molecule has 1 fully saturated rings. The number of piperidine rings is 1. The molecule has 2 N–H and O–H groups in total. The van der Waals surface area contributed by atoms with Crippen molar-refractivity contribution in [1.82, 2.24) is 5.32 Å². The summed E-state index contributed by atoms with van der Waals surface area (Å²) in [6.07, 6.45) is 3.97. The molecule has 0 unspecified atom stereocenters. The Kier molecular flexibility index (Phi) is 6.53. The first kappa shape index (κ1) is 18.7. The number of nitrogens with one attached hydrogen (secondary N) is 2. The highest BCUT2D eigenvalue weighted by Gasteiger charge is 2.17. The Hall–Kier alpha value is -2.04. The van der Waals surface area contributed by atoms with Crippen molar-refractivity contribution in [3.05, 3.63) is 64.2 Å². The van der Waals surface area contributed by atoms with Crippen LogP contribution in [0.4, 0.5) is 0 Å². The van der Waals surface area contributed by atoms with E-state index in [4.69, 9.17) is 16.3 Å². The zero-order chi connectivity index (χ0) is 18.4. The number of likely N-dealkylation sites (tertiary alicyclic amines) is 1. The molecule has 0 atom stereocenters. The number of amides is 1. The Bertz CT molecular complexity index is 757. The normalized spacial score (nSPS) is 14.8. The number of quaternary nitrogens is 1. The van der Waals surface area contributed by atoms with Gasteiger partial charge in [-0.15, -0.1) is 0 Å². The van der Waals surface area contributed by atoms with Gasteiger partial charge in [0.15, 0.2) is 0 Å². The summed E-state index contributed by atoms with van der Waals surface area (Å²) < 4.78 is 5.27. The van der Waals surface area contributed by atoms with E-state index in [1.165, 1.54) is 43.5 Å². The van der Waals surface area contributed by atoms with Crippen LogP contribution in [0.2, 0.25) is 5.02 Å². The van der Waals surface area contributed by atoms with Crippen LogP contribution in [0.25, 0.3) is 0 Å². The number of methoxy groups -OCH3 is 1. The lowest BCUT2D eigenvalue weighted by Crippen LogP contribution is -3.11. The lowest BCUT2D eigenvalue weighted by Gasteiger charge is -2.24. The van der Waals surface area contributed by atoms with Crippen molar-refractivity contribution in [1.29, 1.82) is 0 Å². The number of hydrogen-bond acceptors (Lipinski definition) is 2. The Morgan fingerprint density at radius 1 is 1.12 bits per heavy atom. The summed E-state index contributed by atoms with van der Waals surface area (Å²) in [5.74, 6) is 0.349. The number of halogens is 1. The molecule has 2 aromatic carbocycles. The first-order valence-electron chi connectivity index (χ1n) is 9.19. The van der Waals surface area contributed by atoms with E-state index in [9.17, 15) is 4.79 Å². The Labute approximate surface area is 160 Å². The van der Waals surface area contributed by atoms with Crippen LogP contribution in [0.5, 0.6) is 5.75 Å². The Balaban J connectivity index is 1.68. The number of carbonyl (C=O) groups excluding carboxylic acids is 1. The minimum atomic E-state index is -0.176. The van der Waals surface area contributed by atoms with E-state index in [-0.39, 0.29) is 5.91 Å². The van der Waals surface area contributed by atoms with Crippen LogP contribution in [0.15, 0.2) is 42.5 Å². The molecule has 26 heavy (non-hydrogen) atoms. The fourth-order valence-electron chi connectivity index (χ4n) is 3.53. The van der Waals surface area contributed by atoms with Crippen LogP contribution in [0.3, 0.4) is 0 Å². The van der Waals surface area contributed by atoms with Gasteiger partial charge in [-0.2, -0.15) is 0 Å². The minimum absolute atomic E-state index is 0.176. The van der Waals surface area contributed by atoms with Gasteiger partial charge in [0, 0.05) is 17.1 Å². The van der Waals surface area contributed by atoms with E-state index in [0.29, 0.717) is 22.9 Å². The van der Waals surface area contributed by atoms with Crippen molar-refractivity contribution in [2.75, 3.05) is 20.2 Å². The van der Waals surface area contributed by atoms with Crippen LogP contribution >= 0.6 is 11.6 Å². The summed E-state index contributed by atoms with van der Waals surface area (Å²) in [7, 11) is 1.55. The predicted octanol–water partition coefficient (Wildman–Crippen LogP) is 2.85. The van der Waals surface area contributed by atoms with E-state index in [2.05, 4.69) is 23.5 Å². The maximum atomic E-state index is 12.6. The molecule has 1 aliphatic heterocycles. The summed E-state index contributed by atoms with van der Waals surface area (Å²) in [4.78, 5) is 14.2. The first-order chi connectivity index (χ1) is 12.7. The topological polar surface area (TPSA) is 42.8 Å². The van der Waals surface area contributed by atoms with Gasteiger partial charge in [-0.1, -0.05) is 35.9 Å². The fraction of sp³-hybridized carbons (Fsp3) is 0.381. The van der Waals surface area contributed by atoms with Crippen LogP contribution < -0.4 is 15.0 Å². The molecule has 0 bridgehead atoms. The first-order valence-corrected chi connectivity index (χ1v) is 9.57. The molecule has 138 valence electrons. The molecule has 1 heterocycles. The summed E-state index contributed by atoms with van der Waals surface area (Å²) in [5, 5.41) is 3.53. The molecule has 1 saturated heterocycles. The summed E-state index contributed by atoms with van der Waals surface area (Å²) in [6, 6.07) is 13.4. The molecular formula is C21H26ClN2O2+. The van der Waals surface area contributed by atoms with Crippen molar-refractivity contribution in [3.8, 4) is 5.75 Å². The molecule has 1 amide bonds. The van der Waals surface area contributed by atoms with E-state index in [0.717, 1.165) is 6.54 Å².